The normalized spacial score (nSPS) is 16.5. The second-order valence-corrected chi connectivity index (χ2v) is 3.75. The van der Waals surface area contributed by atoms with Crippen molar-refractivity contribution in [2.45, 2.75) is 0 Å². The molecule has 0 aliphatic carbocycles. The summed E-state index contributed by atoms with van der Waals surface area (Å²) >= 11 is 0. The highest BCUT2D eigenvalue weighted by atomic mass is 35.5. The molecule has 1 aromatic rings. The highest BCUT2D eigenvalue weighted by molar-refractivity contribution is 6.16. The molecule has 1 aromatic carbocycles. The Labute approximate surface area is 101 Å². The van der Waals surface area contributed by atoms with Crippen LogP contribution < -0.4 is 14.5 Å². The molecule has 2 aliphatic heterocycles. The third-order valence-corrected chi connectivity index (χ3v) is 2.95. The SMILES string of the molecule is COc1ccc2c(c1)N1CCN=C1N2C.Cl. The van der Waals surface area contributed by atoms with Crippen molar-refractivity contribution < 1.29 is 4.74 Å². The summed E-state index contributed by atoms with van der Waals surface area (Å²) in [6, 6.07) is 6.13. The van der Waals surface area contributed by atoms with Crippen LogP contribution in [0.5, 0.6) is 5.75 Å². The molecule has 2 aliphatic rings. The van der Waals surface area contributed by atoms with Crippen LogP contribution in [0.2, 0.25) is 0 Å². The highest BCUT2D eigenvalue weighted by Crippen LogP contribution is 2.39. The van der Waals surface area contributed by atoms with Gasteiger partial charge in [0, 0.05) is 19.7 Å². The highest BCUT2D eigenvalue weighted by Gasteiger charge is 2.32. The maximum atomic E-state index is 5.24. The van der Waals surface area contributed by atoms with Gasteiger partial charge in [0.2, 0.25) is 5.96 Å². The standard InChI is InChI=1S/C11H13N3O.ClH/c1-13-9-4-3-8(15-2)7-10(9)14-6-5-12-11(13)14;/h3-4,7H,5-6H2,1-2H3;1H. The molecule has 0 saturated carbocycles. The fourth-order valence-electron chi connectivity index (χ4n) is 2.19. The topological polar surface area (TPSA) is 28.1 Å². The van der Waals surface area contributed by atoms with Crippen LogP contribution in [0.25, 0.3) is 0 Å². The van der Waals surface area contributed by atoms with Gasteiger partial charge in [-0.15, -0.1) is 12.4 Å². The Morgan fingerprint density at radius 1 is 1.31 bits per heavy atom. The fourth-order valence-corrected chi connectivity index (χ4v) is 2.19. The Morgan fingerprint density at radius 2 is 2.12 bits per heavy atom. The zero-order chi connectivity index (χ0) is 10.4. The molecule has 0 spiro atoms. The molecule has 3 rings (SSSR count). The number of benzene rings is 1. The van der Waals surface area contributed by atoms with Gasteiger partial charge in [0.15, 0.2) is 0 Å². The number of methoxy groups -OCH3 is 1. The van der Waals surface area contributed by atoms with E-state index in [4.69, 9.17) is 4.74 Å². The summed E-state index contributed by atoms with van der Waals surface area (Å²) in [5.41, 5.74) is 2.40. The molecule has 86 valence electrons. The van der Waals surface area contributed by atoms with Gasteiger partial charge >= 0.3 is 0 Å². The van der Waals surface area contributed by atoms with E-state index in [1.54, 1.807) is 7.11 Å². The number of fused-ring (bicyclic) bond motifs is 3. The zero-order valence-electron chi connectivity index (χ0n) is 9.30. The van der Waals surface area contributed by atoms with Gasteiger partial charge in [-0.1, -0.05) is 0 Å². The molecule has 0 unspecified atom stereocenters. The Morgan fingerprint density at radius 3 is 2.88 bits per heavy atom. The maximum absolute atomic E-state index is 5.24. The fraction of sp³-hybridized carbons (Fsp3) is 0.364. The lowest BCUT2D eigenvalue weighted by Gasteiger charge is -2.13. The monoisotopic (exact) mass is 239 g/mol. The first-order valence-corrected chi connectivity index (χ1v) is 5.05. The summed E-state index contributed by atoms with van der Waals surface area (Å²) in [4.78, 5) is 8.84. The smallest absolute Gasteiger partial charge is 0.205 e. The molecule has 2 heterocycles. The first-order chi connectivity index (χ1) is 7.31. The number of aliphatic imine (C=N–C) groups is 1. The minimum atomic E-state index is 0. The van der Waals surface area contributed by atoms with E-state index in [0.29, 0.717) is 0 Å². The molecule has 0 atom stereocenters. The summed E-state index contributed by atoms with van der Waals surface area (Å²) in [5, 5.41) is 0. The van der Waals surface area contributed by atoms with Gasteiger partial charge in [0.1, 0.15) is 5.75 Å². The predicted octanol–water partition coefficient (Wildman–Crippen LogP) is 1.74. The molecular formula is C11H14ClN3O. The van der Waals surface area contributed by atoms with Crippen LogP contribution in [-0.4, -0.2) is 33.2 Å². The summed E-state index contributed by atoms with van der Waals surface area (Å²) in [6.07, 6.45) is 0. The first kappa shape index (κ1) is 11.1. The number of ether oxygens (including phenoxy) is 1. The Balaban J connectivity index is 0.000000963. The van der Waals surface area contributed by atoms with Crippen molar-refractivity contribution in [2.75, 3.05) is 37.0 Å². The number of guanidine groups is 1. The third-order valence-electron chi connectivity index (χ3n) is 2.95. The van der Waals surface area contributed by atoms with Crippen LogP contribution in [0, 0.1) is 0 Å². The Hall–Kier alpha value is -1.42. The number of hydrogen-bond donors (Lipinski definition) is 0. The van der Waals surface area contributed by atoms with Crippen molar-refractivity contribution in [1.29, 1.82) is 0 Å². The third kappa shape index (κ3) is 1.33. The van der Waals surface area contributed by atoms with Crippen LogP contribution in [0.1, 0.15) is 0 Å². The zero-order valence-corrected chi connectivity index (χ0v) is 10.1. The van der Waals surface area contributed by atoms with Gasteiger partial charge in [-0.25, -0.2) is 0 Å². The largest absolute Gasteiger partial charge is 0.497 e. The van der Waals surface area contributed by atoms with E-state index < -0.39 is 0 Å². The van der Waals surface area contributed by atoms with Crippen molar-refractivity contribution in [2.24, 2.45) is 4.99 Å². The summed E-state index contributed by atoms with van der Waals surface area (Å²) < 4.78 is 5.24. The number of anilines is 2. The second kappa shape index (κ2) is 3.87. The van der Waals surface area contributed by atoms with Gasteiger partial charge in [-0.2, -0.15) is 0 Å². The molecule has 5 heteroatoms. The van der Waals surface area contributed by atoms with Gasteiger partial charge in [0.25, 0.3) is 0 Å². The average molecular weight is 240 g/mol. The van der Waals surface area contributed by atoms with E-state index in [2.05, 4.69) is 34.0 Å². The lowest BCUT2D eigenvalue weighted by molar-refractivity contribution is 0.415. The van der Waals surface area contributed by atoms with Crippen molar-refractivity contribution in [3.8, 4) is 5.75 Å². The molecule has 0 amide bonds. The Kier molecular flexibility index (Phi) is 2.68. The molecule has 0 bridgehead atoms. The molecule has 16 heavy (non-hydrogen) atoms. The molecule has 0 radical (unpaired) electrons. The Bertz CT molecular complexity index is 447. The van der Waals surface area contributed by atoms with Crippen LogP contribution in [0.4, 0.5) is 11.4 Å². The van der Waals surface area contributed by atoms with Gasteiger partial charge < -0.3 is 14.5 Å². The van der Waals surface area contributed by atoms with Gasteiger partial charge in [-0.05, 0) is 12.1 Å². The number of rotatable bonds is 1. The van der Waals surface area contributed by atoms with Crippen molar-refractivity contribution in [1.82, 2.24) is 0 Å². The number of nitrogens with zero attached hydrogens (tertiary/aromatic N) is 3. The lowest BCUT2D eigenvalue weighted by Crippen LogP contribution is -2.32. The molecule has 0 N–H and O–H groups in total. The number of halogens is 1. The summed E-state index contributed by atoms with van der Waals surface area (Å²) in [5.74, 6) is 1.95. The van der Waals surface area contributed by atoms with Crippen LogP contribution in [0.15, 0.2) is 23.2 Å². The predicted molar refractivity (Wildman–Crippen MR) is 68.3 cm³/mol. The number of hydrogen-bond acceptors (Lipinski definition) is 4. The summed E-state index contributed by atoms with van der Waals surface area (Å²) in [7, 11) is 3.74. The van der Waals surface area contributed by atoms with Crippen molar-refractivity contribution >= 4 is 29.7 Å². The van der Waals surface area contributed by atoms with E-state index >= 15 is 0 Å². The van der Waals surface area contributed by atoms with E-state index in [0.717, 1.165) is 24.8 Å². The molecule has 0 saturated heterocycles. The van der Waals surface area contributed by atoms with E-state index in [1.807, 2.05) is 6.07 Å². The second-order valence-electron chi connectivity index (χ2n) is 3.75. The average Bonchev–Trinajstić information content (AvgIpc) is 2.83. The lowest BCUT2D eigenvalue weighted by atomic mass is 10.2. The molecule has 0 fully saturated rings. The minimum absolute atomic E-state index is 0. The van der Waals surface area contributed by atoms with E-state index in [9.17, 15) is 0 Å². The van der Waals surface area contributed by atoms with E-state index in [1.165, 1.54) is 11.4 Å². The van der Waals surface area contributed by atoms with E-state index in [-0.39, 0.29) is 12.4 Å². The van der Waals surface area contributed by atoms with Crippen molar-refractivity contribution in [3.05, 3.63) is 18.2 Å². The van der Waals surface area contributed by atoms with Crippen molar-refractivity contribution in [3.63, 3.8) is 0 Å². The quantitative estimate of drug-likeness (QED) is 0.747. The van der Waals surface area contributed by atoms with Gasteiger partial charge in [0.05, 0.1) is 25.0 Å². The van der Waals surface area contributed by atoms with Crippen LogP contribution in [0.3, 0.4) is 0 Å². The summed E-state index contributed by atoms with van der Waals surface area (Å²) in [6.45, 7) is 1.86. The van der Waals surface area contributed by atoms with Crippen LogP contribution in [-0.2, 0) is 0 Å². The molecule has 4 nitrogen and oxygen atoms in total. The first-order valence-electron chi connectivity index (χ1n) is 5.05. The maximum Gasteiger partial charge on any atom is 0.205 e. The molecule has 0 aromatic heterocycles. The molecular weight excluding hydrogens is 226 g/mol. The van der Waals surface area contributed by atoms with Crippen LogP contribution >= 0.6 is 12.4 Å². The van der Waals surface area contributed by atoms with Gasteiger partial charge in [-0.3, -0.25) is 4.99 Å². The minimum Gasteiger partial charge on any atom is -0.497 e.